The summed E-state index contributed by atoms with van der Waals surface area (Å²) >= 11 is 0. The number of methoxy groups -OCH3 is 1. The highest BCUT2D eigenvalue weighted by molar-refractivity contribution is 6.07. The molecule has 0 fully saturated rings. The number of hydrogen-bond acceptors (Lipinski definition) is 3. The van der Waals surface area contributed by atoms with E-state index in [0.29, 0.717) is 22.6 Å². The van der Waals surface area contributed by atoms with Gasteiger partial charge in [-0.1, -0.05) is 12.1 Å². The van der Waals surface area contributed by atoms with Gasteiger partial charge in [-0.3, -0.25) is 9.59 Å². The lowest BCUT2D eigenvalue weighted by molar-refractivity contribution is 0.101. The molecule has 0 unspecified atom stereocenters. The van der Waals surface area contributed by atoms with Crippen LogP contribution in [0.3, 0.4) is 0 Å². The van der Waals surface area contributed by atoms with E-state index in [-0.39, 0.29) is 11.6 Å². The lowest BCUT2D eigenvalue weighted by Crippen LogP contribution is -2.15. The van der Waals surface area contributed by atoms with E-state index in [9.17, 15) is 14.0 Å². The second kappa shape index (κ2) is 8.14. The number of ether oxygens (including phenoxy) is 1. The van der Waals surface area contributed by atoms with Gasteiger partial charge in [0, 0.05) is 16.8 Å². The Bertz CT molecular complexity index is 954. The number of carbonyl (C=O) groups excluding carboxylic acids is 2. The van der Waals surface area contributed by atoms with Gasteiger partial charge >= 0.3 is 0 Å². The number of hydrogen-bond donors (Lipinski definition) is 2. The van der Waals surface area contributed by atoms with E-state index in [2.05, 4.69) is 10.6 Å². The van der Waals surface area contributed by atoms with Crippen molar-refractivity contribution in [3.63, 3.8) is 0 Å². The normalized spacial score (nSPS) is 10.1. The maximum absolute atomic E-state index is 13.6. The molecule has 2 N–H and O–H groups in total. The number of halogens is 1. The quantitative estimate of drug-likeness (QED) is 0.708. The van der Waals surface area contributed by atoms with Gasteiger partial charge in [0.05, 0.1) is 12.8 Å². The SMILES string of the molecule is COc1ccc(NC(=O)c2ccc(C(=O)Nc3ccccc3F)cc2)cc1. The highest BCUT2D eigenvalue weighted by atomic mass is 19.1. The monoisotopic (exact) mass is 364 g/mol. The Morgan fingerprint density at radius 1 is 0.778 bits per heavy atom. The molecule has 0 aromatic heterocycles. The zero-order valence-corrected chi connectivity index (χ0v) is 14.5. The first-order valence-electron chi connectivity index (χ1n) is 8.18. The van der Waals surface area contributed by atoms with Crippen LogP contribution in [0.2, 0.25) is 0 Å². The molecule has 3 rings (SSSR count). The molecule has 0 aliphatic heterocycles. The Morgan fingerprint density at radius 3 is 1.89 bits per heavy atom. The highest BCUT2D eigenvalue weighted by Gasteiger charge is 2.11. The number of amides is 2. The van der Waals surface area contributed by atoms with Crippen LogP contribution in [0.15, 0.2) is 72.8 Å². The van der Waals surface area contributed by atoms with Gasteiger partial charge in [-0.2, -0.15) is 0 Å². The number of nitrogens with one attached hydrogen (secondary N) is 2. The molecule has 0 bridgehead atoms. The Morgan fingerprint density at radius 2 is 1.33 bits per heavy atom. The van der Waals surface area contributed by atoms with Crippen molar-refractivity contribution in [1.29, 1.82) is 0 Å². The van der Waals surface area contributed by atoms with Gasteiger partial charge in [-0.05, 0) is 60.7 Å². The van der Waals surface area contributed by atoms with Gasteiger partial charge in [0.15, 0.2) is 0 Å². The van der Waals surface area contributed by atoms with Crippen LogP contribution in [0.5, 0.6) is 5.75 Å². The van der Waals surface area contributed by atoms with Crippen LogP contribution in [-0.4, -0.2) is 18.9 Å². The molecule has 0 saturated carbocycles. The minimum atomic E-state index is -0.513. The molecular weight excluding hydrogens is 347 g/mol. The summed E-state index contributed by atoms with van der Waals surface area (Å²) in [6.45, 7) is 0. The van der Waals surface area contributed by atoms with Crippen LogP contribution in [0.4, 0.5) is 15.8 Å². The maximum atomic E-state index is 13.6. The number of para-hydroxylation sites is 1. The van der Waals surface area contributed by atoms with E-state index < -0.39 is 11.7 Å². The van der Waals surface area contributed by atoms with E-state index in [4.69, 9.17) is 4.74 Å². The fraction of sp³-hybridized carbons (Fsp3) is 0.0476. The van der Waals surface area contributed by atoms with Crippen molar-refractivity contribution in [2.75, 3.05) is 17.7 Å². The van der Waals surface area contributed by atoms with E-state index in [1.165, 1.54) is 36.4 Å². The summed E-state index contributed by atoms with van der Waals surface area (Å²) in [5.74, 6) is -0.581. The lowest BCUT2D eigenvalue weighted by Gasteiger charge is -2.08. The van der Waals surface area contributed by atoms with Gasteiger partial charge < -0.3 is 15.4 Å². The molecule has 0 atom stereocenters. The predicted molar refractivity (Wildman–Crippen MR) is 102 cm³/mol. The van der Waals surface area contributed by atoms with Crippen LogP contribution < -0.4 is 15.4 Å². The topological polar surface area (TPSA) is 67.4 Å². The summed E-state index contributed by atoms with van der Waals surface area (Å²) in [5, 5.41) is 5.26. The zero-order chi connectivity index (χ0) is 19.2. The van der Waals surface area contributed by atoms with Crippen molar-refractivity contribution in [3.05, 3.63) is 89.7 Å². The molecular formula is C21H17FN2O3. The van der Waals surface area contributed by atoms with E-state index >= 15 is 0 Å². The summed E-state index contributed by atoms with van der Waals surface area (Å²) in [7, 11) is 1.57. The van der Waals surface area contributed by atoms with Crippen molar-refractivity contribution in [2.45, 2.75) is 0 Å². The van der Waals surface area contributed by atoms with Crippen molar-refractivity contribution in [1.82, 2.24) is 0 Å². The minimum absolute atomic E-state index is 0.101. The Labute approximate surface area is 155 Å². The van der Waals surface area contributed by atoms with Gasteiger partial charge in [0.1, 0.15) is 11.6 Å². The van der Waals surface area contributed by atoms with Crippen molar-refractivity contribution in [3.8, 4) is 5.75 Å². The lowest BCUT2D eigenvalue weighted by atomic mass is 10.1. The van der Waals surface area contributed by atoms with E-state index in [1.54, 1.807) is 43.5 Å². The third kappa shape index (κ3) is 4.49. The number of carbonyl (C=O) groups is 2. The van der Waals surface area contributed by atoms with Crippen molar-refractivity contribution >= 4 is 23.2 Å². The van der Waals surface area contributed by atoms with Gasteiger partial charge in [0.2, 0.25) is 0 Å². The second-order valence-corrected chi connectivity index (χ2v) is 5.69. The Kier molecular flexibility index (Phi) is 5.47. The van der Waals surface area contributed by atoms with E-state index in [1.807, 2.05) is 0 Å². The third-order valence-corrected chi connectivity index (χ3v) is 3.88. The molecule has 0 saturated heterocycles. The largest absolute Gasteiger partial charge is 0.497 e. The summed E-state index contributed by atoms with van der Waals surface area (Å²) in [5.41, 5.74) is 1.44. The first-order chi connectivity index (χ1) is 13.1. The molecule has 0 radical (unpaired) electrons. The fourth-order valence-electron chi connectivity index (χ4n) is 2.41. The number of benzene rings is 3. The Hall–Kier alpha value is -3.67. The predicted octanol–water partition coefficient (Wildman–Crippen LogP) is 4.34. The fourth-order valence-corrected chi connectivity index (χ4v) is 2.41. The third-order valence-electron chi connectivity index (χ3n) is 3.88. The number of anilines is 2. The molecule has 27 heavy (non-hydrogen) atoms. The van der Waals surface area contributed by atoms with Crippen molar-refractivity contribution in [2.24, 2.45) is 0 Å². The molecule has 0 aliphatic rings. The standard InChI is InChI=1S/C21H17FN2O3/c1-27-17-12-10-16(11-13-17)23-20(25)14-6-8-15(9-7-14)21(26)24-19-5-3-2-4-18(19)22/h2-13H,1H3,(H,23,25)(H,24,26). The average molecular weight is 364 g/mol. The van der Waals surface area contributed by atoms with Crippen LogP contribution >= 0.6 is 0 Å². The first kappa shape index (κ1) is 18.1. The first-order valence-corrected chi connectivity index (χ1v) is 8.18. The molecule has 0 heterocycles. The molecule has 3 aromatic rings. The summed E-state index contributed by atoms with van der Waals surface area (Å²) in [6.07, 6.45) is 0. The van der Waals surface area contributed by atoms with Crippen LogP contribution in [0.25, 0.3) is 0 Å². The second-order valence-electron chi connectivity index (χ2n) is 5.69. The zero-order valence-electron chi connectivity index (χ0n) is 14.5. The Balaban J connectivity index is 1.66. The van der Waals surface area contributed by atoms with Crippen LogP contribution in [0.1, 0.15) is 20.7 Å². The molecule has 5 nitrogen and oxygen atoms in total. The molecule has 6 heteroatoms. The minimum Gasteiger partial charge on any atom is -0.497 e. The van der Waals surface area contributed by atoms with Gasteiger partial charge in [-0.25, -0.2) is 4.39 Å². The smallest absolute Gasteiger partial charge is 0.255 e. The van der Waals surface area contributed by atoms with Crippen molar-refractivity contribution < 1.29 is 18.7 Å². The average Bonchev–Trinajstić information content (AvgIpc) is 2.70. The van der Waals surface area contributed by atoms with Crippen LogP contribution in [0, 0.1) is 5.82 Å². The summed E-state index contributed by atoms with van der Waals surface area (Å²) in [6, 6.07) is 19.0. The molecule has 136 valence electrons. The number of rotatable bonds is 5. The van der Waals surface area contributed by atoms with E-state index in [0.717, 1.165) is 0 Å². The molecule has 3 aromatic carbocycles. The maximum Gasteiger partial charge on any atom is 0.255 e. The molecule has 2 amide bonds. The highest BCUT2D eigenvalue weighted by Crippen LogP contribution is 2.17. The molecule has 0 aliphatic carbocycles. The summed E-state index contributed by atoms with van der Waals surface area (Å²) in [4.78, 5) is 24.5. The van der Waals surface area contributed by atoms with Gasteiger partial charge in [0.25, 0.3) is 11.8 Å². The summed E-state index contributed by atoms with van der Waals surface area (Å²) < 4.78 is 18.7. The molecule has 0 spiro atoms. The van der Waals surface area contributed by atoms with Gasteiger partial charge in [-0.15, -0.1) is 0 Å². The van der Waals surface area contributed by atoms with Crippen LogP contribution in [-0.2, 0) is 0 Å².